The Morgan fingerprint density at radius 2 is 1.97 bits per heavy atom. The highest BCUT2D eigenvalue weighted by Gasteiger charge is 2.41. The van der Waals surface area contributed by atoms with E-state index in [9.17, 15) is 23.3 Å². The lowest BCUT2D eigenvalue weighted by atomic mass is 9.85. The summed E-state index contributed by atoms with van der Waals surface area (Å²) in [5.41, 5.74) is -0.762. The van der Waals surface area contributed by atoms with Crippen molar-refractivity contribution in [2.24, 2.45) is 0 Å². The van der Waals surface area contributed by atoms with Crippen LogP contribution in [0.3, 0.4) is 0 Å². The summed E-state index contributed by atoms with van der Waals surface area (Å²) in [6.07, 6.45) is 3.23. The van der Waals surface area contributed by atoms with Crippen LogP contribution in [0.4, 0.5) is 16.3 Å². The molecule has 2 aromatic heterocycles. The highest BCUT2D eigenvalue weighted by molar-refractivity contribution is 7.90. The molecular weight excluding hydrogens is 496 g/mol. The Hall–Kier alpha value is -3.85. The number of amides is 1. The van der Waals surface area contributed by atoms with Crippen LogP contribution >= 0.6 is 0 Å². The van der Waals surface area contributed by atoms with Crippen molar-refractivity contribution >= 4 is 38.3 Å². The van der Waals surface area contributed by atoms with Crippen molar-refractivity contribution in [2.75, 3.05) is 24.7 Å². The molecule has 1 aliphatic heterocycles. The molecule has 1 amide bonds. The average Bonchev–Trinajstić information content (AvgIpc) is 3.18. The van der Waals surface area contributed by atoms with Crippen LogP contribution in [0.15, 0.2) is 46.2 Å². The van der Waals surface area contributed by atoms with Crippen molar-refractivity contribution in [2.45, 2.75) is 56.1 Å². The fourth-order valence-electron chi connectivity index (χ4n) is 4.51. The van der Waals surface area contributed by atoms with Gasteiger partial charge in [-0.2, -0.15) is 10.4 Å². The molecule has 1 aliphatic rings. The second-order valence-corrected chi connectivity index (χ2v) is 12.3. The van der Waals surface area contributed by atoms with Crippen molar-refractivity contribution in [3.8, 4) is 6.07 Å². The van der Waals surface area contributed by atoms with Crippen LogP contribution in [0.25, 0.3) is 10.9 Å². The number of pyridine rings is 1. The van der Waals surface area contributed by atoms with Crippen LogP contribution in [-0.2, 0) is 20.1 Å². The zero-order valence-corrected chi connectivity index (χ0v) is 22.1. The van der Waals surface area contributed by atoms with Crippen LogP contribution < -0.4 is 10.9 Å². The highest BCUT2D eigenvalue weighted by atomic mass is 32.2. The van der Waals surface area contributed by atoms with E-state index < -0.39 is 27.1 Å². The summed E-state index contributed by atoms with van der Waals surface area (Å²) in [6, 6.07) is 10.2. The van der Waals surface area contributed by atoms with E-state index in [0.29, 0.717) is 42.5 Å². The Morgan fingerprint density at radius 3 is 2.59 bits per heavy atom. The third kappa shape index (κ3) is 5.46. The molecule has 3 heterocycles. The molecule has 0 bridgehead atoms. The van der Waals surface area contributed by atoms with Gasteiger partial charge < -0.3 is 19.9 Å². The number of likely N-dealkylation sites (tertiary alicyclic amines) is 1. The number of carbonyl (C=O) groups excluding carboxylic acids is 1. The number of nitrogens with one attached hydrogen (secondary N) is 2. The second kappa shape index (κ2) is 9.55. The number of aromatic amines is 1. The van der Waals surface area contributed by atoms with E-state index >= 15 is 0 Å². The number of benzene rings is 1. The smallest absolute Gasteiger partial charge is 0.410 e. The van der Waals surface area contributed by atoms with Gasteiger partial charge in [0.05, 0.1) is 28.4 Å². The van der Waals surface area contributed by atoms with Gasteiger partial charge in [0.25, 0.3) is 5.56 Å². The Labute approximate surface area is 214 Å². The minimum Gasteiger partial charge on any atom is -0.444 e. The molecule has 0 unspecified atom stereocenters. The number of rotatable bonds is 5. The first-order valence-corrected chi connectivity index (χ1v) is 13.8. The third-order valence-corrected chi connectivity index (χ3v) is 7.44. The Kier molecular flexibility index (Phi) is 6.77. The minimum atomic E-state index is -3.43. The summed E-state index contributed by atoms with van der Waals surface area (Å²) in [7, 11) is -3.43. The average molecular weight is 527 g/mol. The summed E-state index contributed by atoms with van der Waals surface area (Å²) in [6.45, 7) is 6.15. The molecule has 0 radical (unpaired) electrons. The standard InChI is InChI=1S/C25H30N6O5S/c1-24(2,3)36-23(33)30-14-10-25(9-12-26,11-15-30)31-19-8-13-27-22(32)20(19)21(29-31)28-17-6-5-7-18(16-17)37(4,34)35/h5-8,13,16H,9-11,14-15H2,1-4H3,(H,27,32)(H,28,29). The summed E-state index contributed by atoms with van der Waals surface area (Å²) in [4.78, 5) is 29.9. The number of nitrogens with zero attached hydrogens (tertiary/aromatic N) is 4. The minimum absolute atomic E-state index is 0.127. The molecule has 0 saturated carbocycles. The summed E-state index contributed by atoms with van der Waals surface area (Å²) in [5, 5.41) is 17.8. The van der Waals surface area contributed by atoms with E-state index in [0.717, 1.165) is 6.26 Å². The zero-order valence-electron chi connectivity index (χ0n) is 21.2. The quantitative estimate of drug-likeness (QED) is 0.513. The SMILES string of the molecule is CC(C)(C)OC(=O)N1CCC(CC#N)(n2nc(Nc3cccc(S(C)(=O)=O)c3)c3c(=O)[nH]ccc32)CC1. The number of sulfone groups is 1. The summed E-state index contributed by atoms with van der Waals surface area (Å²) < 4.78 is 31.2. The number of piperidine rings is 1. The molecule has 0 atom stereocenters. The van der Waals surface area contributed by atoms with Gasteiger partial charge in [-0.1, -0.05) is 6.07 Å². The number of carbonyl (C=O) groups is 1. The number of anilines is 2. The number of fused-ring (bicyclic) bond motifs is 1. The number of H-pyrrole nitrogens is 1. The monoisotopic (exact) mass is 526 g/mol. The van der Waals surface area contributed by atoms with Gasteiger partial charge in [-0.3, -0.25) is 9.48 Å². The molecule has 4 rings (SSSR count). The highest BCUT2D eigenvalue weighted by Crippen LogP contribution is 2.37. The Bertz CT molecular complexity index is 1540. The lowest BCUT2D eigenvalue weighted by Crippen LogP contribution is -2.49. The first-order chi connectivity index (χ1) is 17.3. The molecule has 1 saturated heterocycles. The van der Waals surface area contributed by atoms with E-state index in [1.54, 1.807) is 27.8 Å². The van der Waals surface area contributed by atoms with Crippen molar-refractivity contribution in [3.63, 3.8) is 0 Å². The summed E-state index contributed by atoms with van der Waals surface area (Å²) >= 11 is 0. The lowest BCUT2D eigenvalue weighted by molar-refractivity contribution is 0.0110. The van der Waals surface area contributed by atoms with Gasteiger partial charge in [-0.15, -0.1) is 0 Å². The largest absolute Gasteiger partial charge is 0.444 e. The molecule has 37 heavy (non-hydrogen) atoms. The van der Waals surface area contributed by atoms with E-state index in [4.69, 9.17) is 9.84 Å². The maximum absolute atomic E-state index is 12.9. The molecule has 0 spiro atoms. The van der Waals surface area contributed by atoms with Gasteiger partial charge in [0, 0.05) is 31.2 Å². The van der Waals surface area contributed by atoms with E-state index in [2.05, 4.69) is 16.4 Å². The fraction of sp³-hybridized carbons (Fsp3) is 0.440. The molecule has 11 nitrogen and oxygen atoms in total. The van der Waals surface area contributed by atoms with Crippen LogP contribution in [0.5, 0.6) is 0 Å². The molecule has 3 aromatic rings. The molecule has 0 aliphatic carbocycles. The van der Waals surface area contributed by atoms with Gasteiger partial charge in [0.1, 0.15) is 11.0 Å². The molecule has 196 valence electrons. The van der Waals surface area contributed by atoms with E-state index in [1.165, 1.54) is 18.3 Å². The first-order valence-electron chi connectivity index (χ1n) is 11.9. The first kappa shape index (κ1) is 26.2. The predicted molar refractivity (Wildman–Crippen MR) is 138 cm³/mol. The normalized spacial score (nSPS) is 15.8. The molecular formula is C25H30N6O5S. The van der Waals surface area contributed by atoms with Crippen LogP contribution in [0.1, 0.15) is 40.0 Å². The maximum Gasteiger partial charge on any atom is 0.410 e. The molecule has 12 heteroatoms. The van der Waals surface area contributed by atoms with Crippen LogP contribution in [0.2, 0.25) is 0 Å². The predicted octanol–water partition coefficient (Wildman–Crippen LogP) is 3.51. The zero-order chi connectivity index (χ0) is 27.0. The fourth-order valence-corrected chi connectivity index (χ4v) is 5.18. The molecule has 2 N–H and O–H groups in total. The number of ether oxygens (including phenoxy) is 1. The Balaban J connectivity index is 1.73. The topological polar surface area (TPSA) is 150 Å². The van der Waals surface area contributed by atoms with Crippen LogP contribution in [-0.4, -0.2) is 59.1 Å². The van der Waals surface area contributed by atoms with Crippen LogP contribution in [0, 0.1) is 11.3 Å². The van der Waals surface area contributed by atoms with Crippen molar-refractivity contribution in [3.05, 3.63) is 46.9 Å². The summed E-state index contributed by atoms with van der Waals surface area (Å²) in [5.74, 6) is 0.245. The van der Waals surface area contributed by atoms with Gasteiger partial charge in [0.15, 0.2) is 15.7 Å². The lowest BCUT2D eigenvalue weighted by Gasteiger charge is -2.41. The number of aromatic nitrogens is 3. The maximum atomic E-state index is 12.9. The van der Waals surface area contributed by atoms with E-state index in [-0.39, 0.29) is 22.7 Å². The van der Waals surface area contributed by atoms with Crippen molar-refractivity contribution in [1.29, 1.82) is 5.26 Å². The number of nitriles is 1. The van der Waals surface area contributed by atoms with Gasteiger partial charge in [0.2, 0.25) is 0 Å². The molecule has 1 fully saturated rings. The van der Waals surface area contributed by atoms with Gasteiger partial charge >= 0.3 is 6.09 Å². The third-order valence-electron chi connectivity index (χ3n) is 6.33. The van der Waals surface area contributed by atoms with E-state index in [1.807, 2.05) is 20.8 Å². The van der Waals surface area contributed by atoms with Gasteiger partial charge in [-0.25, -0.2) is 13.2 Å². The Morgan fingerprint density at radius 1 is 1.27 bits per heavy atom. The van der Waals surface area contributed by atoms with Crippen molar-refractivity contribution in [1.82, 2.24) is 19.7 Å². The number of hydrogen-bond donors (Lipinski definition) is 2. The molecule has 1 aromatic carbocycles. The second-order valence-electron chi connectivity index (χ2n) is 10.3. The number of hydrogen-bond acceptors (Lipinski definition) is 8. The van der Waals surface area contributed by atoms with Gasteiger partial charge in [-0.05, 0) is 57.9 Å². The van der Waals surface area contributed by atoms with Crippen molar-refractivity contribution < 1.29 is 17.9 Å².